The summed E-state index contributed by atoms with van der Waals surface area (Å²) in [5, 5.41) is 9.71. The summed E-state index contributed by atoms with van der Waals surface area (Å²) in [5.74, 6) is 0. The van der Waals surface area contributed by atoms with Crippen LogP contribution in [0.4, 0.5) is 0 Å². The van der Waals surface area contributed by atoms with Gasteiger partial charge in [-0.25, -0.2) is 0 Å². The van der Waals surface area contributed by atoms with Crippen LogP contribution >= 0.6 is 22.7 Å². The van der Waals surface area contributed by atoms with Crippen LogP contribution in [-0.2, 0) is 6.42 Å². The Morgan fingerprint density at radius 3 is 1.90 bits per heavy atom. The monoisotopic (exact) mass is 440 g/mol. The zero-order valence-electron chi connectivity index (χ0n) is 18.3. The van der Waals surface area contributed by atoms with Gasteiger partial charge in [0.2, 0.25) is 0 Å². The van der Waals surface area contributed by atoms with Gasteiger partial charge in [0, 0.05) is 9.75 Å². The largest absolute Gasteiger partial charge is 0.144 e. The van der Waals surface area contributed by atoms with Gasteiger partial charge in [-0.05, 0) is 111 Å². The predicted molar refractivity (Wildman–Crippen MR) is 141 cm³/mol. The Morgan fingerprint density at radius 1 is 0.613 bits per heavy atom. The van der Waals surface area contributed by atoms with Gasteiger partial charge in [0.25, 0.3) is 0 Å². The summed E-state index contributed by atoms with van der Waals surface area (Å²) in [6.07, 6.45) is 6.46. The van der Waals surface area contributed by atoms with E-state index in [0.717, 1.165) is 0 Å². The first kappa shape index (κ1) is 20.5. The SMILES string of the molecule is CCCCCCc1ccsc1-c1ccc2cc3cc(-c4sccc4C)ccc3cc2c1. The molecule has 31 heavy (non-hydrogen) atoms. The molecular weight excluding hydrogens is 412 g/mol. The molecule has 0 aliphatic heterocycles. The fourth-order valence-corrected chi connectivity index (χ4v) is 6.35. The highest BCUT2D eigenvalue weighted by Gasteiger charge is 2.09. The first-order chi connectivity index (χ1) is 15.2. The van der Waals surface area contributed by atoms with E-state index < -0.39 is 0 Å². The number of fused-ring (bicyclic) bond motifs is 2. The van der Waals surface area contributed by atoms with Gasteiger partial charge in [-0.3, -0.25) is 0 Å². The lowest BCUT2D eigenvalue weighted by molar-refractivity contribution is 0.668. The molecule has 0 nitrogen and oxygen atoms in total. The Kier molecular flexibility index (Phi) is 5.93. The summed E-state index contributed by atoms with van der Waals surface area (Å²) in [6.45, 7) is 4.47. The summed E-state index contributed by atoms with van der Waals surface area (Å²) in [5.41, 5.74) is 5.55. The van der Waals surface area contributed by atoms with Crippen molar-refractivity contribution in [3.05, 3.63) is 82.6 Å². The van der Waals surface area contributed by atoms with Crippen LogP contribution < -0.4 is 0 Å². The second-order valence-corrected chi connectivity index (χ2v) is 10.3. The average molecular weight is 441 g/mol. The molecule has 5 rings (SSSR count). The Balaban J connectivity index is 1.49. The Hall–Kier alpha value is -2.42. The van der Waals surface area contributed by atoms with Gasteiger partial charge < -0.3 is 0 Å². The van der Waals surface area contributed by atoms with Crippen LogP contribution in [0.2, 0.25) is 0 Å². The molecule has 2 aromatic heterocycles. The minimum Gasteiger partial charge on any atom is -0.144 e. The van der Waals surface area contributed by atoms with Crippen molar-refractivity contribution in [3.63, 3.8) is 0 Å². The third-order valence-corrected chi connectivity index (χ3v) is 8.30. The third-order valence-electron chi connectivity index (χ3n) is 6.23. The lowest BCUT2D eigenvalue weighted by atomic mass is 9.97. The molecule has 0 bridgehead atoms. The fraction of sp³-hybridized carbons (Fsp3) is 0.241. The molecule has 0 spiro atoms. The van der Waals surface area contributed by atoms with E-state index in [0.29, 0.717) is 0 Å². The van der Waals surface area contributed by atoms with Crippen molar-refractivity contribution in [1.82, 2.24) is 0 Å². The van der Waals surface area contributed by atoms with Crippen LogP contribution in [-0.4, -0.2) is 0 Å². The molecule has 0 N–H and O–H groups in total. The van der Waals surface area contributed by atoms with Crippen LogP contribution in [0.15, 0.2) is 71.4 Å². The van der Waals surface area contributed by atoms with E-state index in [2.05, 4.69) is 85.3 Å². The van der Waals surface area contributed by atoms with Crippen LogP contribution in [0.25, 0.3) is 42.4 Å². The highest BCUT2D eigenvalue weighted by Crippen LogP contribution is 2.36. The minimum absolute atomic E-state index is 1.19. The zero-order chi connectivity index (χ0) is 21.2. The predicted octanol–water partition coefficient (Wildman–Crippen LogP) is 9.88. The third kappa shape index (κ3) is 4.20. The molecule has 0 aliphatic rings. The van der Waals surface area contributed by atoms with E-state index in [1.165, 1.54) is 85.7 Å². The van der Waals surface area contributed by atoms with Crippen LogP contribution in [0.5, 0.6) is 0 Å². The highest BCUT2D eigenvalue weighted by atomic mass is 32.1. The maximum Gasteiger partial charge on any atom is 0.0374 e. The molecule has 0 radical (unpaired) electrons. The smallest absolute Gasteiger partial charge is 0.0374 e. The number of thiophene rings is 2. The number of hydrogen-bond donors (Lipinski definition) is 0. The van der Waals surface area contributed by atoms with Crippen molar-refractivity contribution >= 4 is 44.2 Å². The van der Waals surface area contributed by atoms with Crippen molar-refractivity contribution < 1.29 is 0 Å². The molecule has 0 unspecified atom stereocenters. The number of unbranched alkanes of at least 4 members (excludes halogenated alkanes) is 3. The second-order valence-electron chi connectivity index (χ2n) is 8.49. The highest BCUT2D eigenvalue weighted by molar-refractivity contribution is 7.14. The molecule has 0 saturated heterocycles. The Labute approximate surface area is 193 Å². The maximum absolute atomic E-state index is 2.38. The van der Waals surface area contributed by atoms with E-state index in [4.69, 9.17) is 0 Å². The molecule has 5 aromatic rings. The summed E-state index contributed by atoms with van der Waals surface area (Å²) >= 11 is 3.71. The molecule has 0 fully saturated rings. The van der Waals surface area contributed by atoms with E-state index >= 15 is 0 Å². The van der Waals surface area contributed by atoms with Gasteiger partial charge >= 0.3 is 0 Å². The van der Waals surface area contributed by atoms with E-state index in [9.17, 15) is 0 Å². The van der Waals surface area contributed by atoms with Crippen molar-refractivity contribution in [2.24, 2.45) is 0 Å². The summed E-state index contributed by atoms with van der Waals surface area (Å²) < 4.78 is 0. The number of benzene rings is 3. The molecule has 0 saturated carbocycles. The Bertz CT molecular complexity index is 1340. The molecular formula is C29H28S2. The first-order valence-electron chi connectivity index (χ1n) is 11.3. The lowest BCUT2D eigenvalue weighted by Crippen LogP contribution is -1.87. The fourth-order valence-electron chi connectivity index (χ4n) is 4.48. The lowest BCUT2D eigenvalue weighted by Gasteiger charge is -2.09. The number of aryl methyl sites for hydroxylation is 2. The Morgan fingerprint density at radius 2 is 1.26 bits per heavy atom. The van der Waals surface area contributed by atoms with Gasteiger partial charge in [0.1, 0.15) is 0 Å². The molecule has 156 valence electrons. The van der Waals surface area contributed by atoms with Crippen molar-refractivity contribution in [2.45, 2.75) is 46.0 Å². The van der Waals surface area contributed by atoms with Gasteiger partial charge in [-0.1, -0.05) is 50.5 Å². The molecule has 2 heterocycles. The summed E-state index contributed by atoms with van der Waals surface area (Å²) in [7, 11) is 0. The summed E-state index contributed by atoms with van der Waals surface area (Å²) in [4.78, 5) is 2.82. The molecule has 0 aliphatic carbocycles. The molecule has 0 amide bonds. The van der Waals surface area contributed by atoms with Crippen LogP contribution in [0, 0.1) is 6.92 Å². The topological polar surface area (TPSA) is 0 Å². The minimum atomic E-state index is 1.19. The normalized spacial score (nSPS) is 11.5. The van der Waals surface area contributed by atoms with Crippen LogP contribution in [0.1, 0.15) is 43.7 Å². The summed E-state index contributed by atoms with van der Waals surface area (Å²) in [6, 6.07) is 23.1. The van der Waals surface area contributed by atoms with Gasteiger partial charge in [0.05, 0.1) is 0 Å². The van der Waals surface area contributed by atoms with E-state index in [1.807, 2.05) is 22.7 Å². The number of rotatable bonds is 7. The van der Waals surface area contributed by atoms with Crippen molar-refractivity contribution in [1.29, 1.82) is 0 Å². The van der Waals surface area contributed by atoms with Gasteiger partial charge in [-0.2, -0.15) is 0 Å². The van der Waals surface area contributed by atoms with Crippen molar-refractivity contribution in [3.8, 4) is 20.9 Å². The zero-order valence-corrected chi connectivity index (χ0v) is 19.9. The molecule has 3 aromatic carbocycles. The average Bonchev–Trinajstić information content (AvgIpc) is 3.43. The molecule has 0 atom stereocenters. The van der Waals surface area contributed by atoms with Crippen molar-refractivity contribution in [2.75, 3.05) is 0 Å². The van der Waals surface area contributed by atoms with E-state index in [-0.39, 0.29) is 0 Å². The first-order valence-corrected chi connectivity index (χ1v) is 13.1. The standard InChI is InChI=1S/C29H28S2/c1-3-4-5-6-7-21-13-15-31-29(21)25-11-9-23-16-26-18-24(28-20(2)12-14-30-28)10-8-22(26)17-27(23)19-25/h8-19H,3-7H2,1-2H3. The number of hydrogen-bond acceptors (Lipinski definition) is 2. The van der Waals surface area contributed by atoms with Crippen LogP contribution in [0.3, 0.4) is 0 Å². The van der Waals surface area contributed by atoms with Gasteiger partial charge in [0.15, 0.2) is 0 Å². The quantitative estimate of drug-likeness (QED) is 0.174. The van der Waals surface area contributed by atoms with E-state index in [1.54, 1.807) is 0 Å². The maximum atomic E-state index is 2.38. The van der Waals surface area contributed by atoms with Gasteiger partial charge in [-0.15, -0.1) is 22.7 Å². The second kappa shape index (κ2) is 8.98. The molecule has 2 heteroatoms.